The lowest BCUT2D eigenvalue weighted by atomic mass is 10.0. The second kappa shape index (κ2) is 5.89. The molecule has 1 aliphatic heterocycles. The van der Waals surface area contributed by atoms with E-state index in [0.717, 1.165) is 17.6 Å². The van der Waals surface area contributed by atoms with E-state index in [9.17, 15) is 4.79 Å². The number of rotatable bonds is 2. The van der Waals surface area contributed by atoms with Gasteiger partial charge in [0.25, 0.3) is 0 Å². The predicted octanol–water partition coefficient (Wildman–Crippen LogP) is 3.54. The molecule has 3 rings (SSSR count). The minimum atomic E-state index is -0.476. The van der Waals surface area contributed by atoms with Crippen LogP contribution in [0.1, 0.15) is 32.0 Å². The Balaban J connectivity index is 1.95. The van der Waals surface area contributed by atoms with Crippen molar-refractivity contribution in [3.05, 3.63) is 35.5 Å². The summed E-state index contributed by atoms with van der Waals surface area (Å²) < 4.78 is 13.0. The van der Waals surface area contributed by atoms with Crippen LogP contribution in [0.15, 0.2) is 24.3 Å². The summed E-state index contributed by atoms with van der Waals surface area (Å²) in [6, 6.07) is 8.33. The van der Waals surface area contributed by atoms with Crippen LogP contribution in [-0.2, 0) is 29.2 Å². The number of carbonyl (C=O) groups is 1. The van der Waals surface area contributed by atoms with Gasteiger partial charge in [-0.25, -0.2) is 4.79 Å². The zero-order valence-electron chi connectivity index (χ0n) is 14.3. The first-order chi connectivity index (χ1) is 10.9. The lowest BCUT2D eigenvalue weighted by Crippen LogP contribution is -2.40. The number of hydrogen-bond acceptors (Lipinski definition) is 3. The van der Waals surface area contributed by atoms with Gasteiger partial charge in [-0.05, 0) is 38.8 Å². The minimum absolute atomic E-state index is 0.252. The maximum Gasteiger partial charge on any atom is 0.410 e. The van der Waals surface area contributed by atoms with Crippen LogP contribution in [0.2, 0.25) is 0 Å². The molecule has 1 aromatic heterocycles. The first-order valence-corrected chi connectivity index (χ1v) is 7.96. The smallest absolute Gasteiger partial charge is 0.410 e. The van der Waals surface area contributed by atoms with Gasteiger partial charge in [0.15, 0.2) is 0 Å². The number of benzene rings is 1. The fourth-order valence-corrected chi connectivity index (χ4v) is 3.15. The molecular weight excluding hydrogens is 292 g/mol. The summed E-state index contributed by atoms with van der Waals surface area (Å²) >= 11 is 0. The normalized spacial score (nSPS) is 14.9. The van der Waals surface area contributed by atoms with Crippen LogP contribution in [0.4, 0.5) is 4.79 Å². The summed E-state index contributed by atoms with van der Waals surface area (Å²) in [6.45, 7) is 7.40. The van der Waals surface area contributed by atoms with E-state index in [4.69, 9.17) is 9.47 Å². The summed E-state index contributed by atoms with van der Waals surface area (Å²) in [5.41, 5.74) is 3.14. The molecule has 2 heterocycles. The molecular formula is C18H24N2O3. The van der Waals surface area contributed by atoms with Gasteiger partial charge >= 0.3 is 6.09 Å². The van der Waals surface area contributed by atoms with E-state index >= 15 is 0 Å². The topological polar surface area (TPSA) is 43.7 Å². The van der Waals surface area contributed by atoms with E-state index in [2.05, 4.69) is 22.8 Å². The Hall–Kier alpha value is -2.01. The van der Waals surface area contributed by atoms with Crippen LogP contribution in [-0.4, -0.2) is 34.8 Å². The van der Waals surface area contributed by atoms with Crippen LogP contribution >= 0.6 is 0 Å². The Labute approximate surface area is 136 Å². The number of fused-ring (bicyclic) bond motifs is 3. The van der Waals surface area contributed by atoms with Crippen molar-refractivity contribution in [2.24, 2.45) is 0 Å². The summed E-state index contributed by atoms with van der Waals surface area (Å²) in [4.78, 5) is 14.1. The van der Waals surface area contributed by atoms with Crippen molar-refractivity contribution in [3.63, 3.8) is 0 Å². The van der Waals surface area contributed by atoms with Crippen LogP contribution in [0.25, 0.3) is 10.9 Å². The standard InChI is InChI=1S/C18H24N2O3/c1-18(2,3)23-17(21)19-10-9-14-13-7-5-6-8-15(13)20(12-22-4)16(14)11-19/h5-8H,9-12H2,1-4H3. The lowest BCUT2D eigenvalue weighted by Gasteiger charge is -2.31. The maximum atomic E-state index is 12.4. The number of para-hydroxylation sites is 1. The highest BCUT2D eigenvalue weighted by atomic mass is 16.6. The molecule has 0 N–H and O–H groups in total. The maximum absolute atomic E-state index is 12.4. The summed E-state index contributed by atoms with van der Waals surface area (Å²) in [7, 11) is 1.69. The van der Waals surface area contributed by atoms with Crippen LogP contribution < -0.4 is 0 Å². The SMILES string of the molecule is COCn1c2c(c3ccccc31)CCN(C(=O)OC(C)(C)C)C2. The van der Waals surface area contributed by atoms with Gasteiger partial charge in [-0.2, -0.15) is 0 Å². The number of carbonyl (C=O) groups excluding carboxylic acids is 1. The molecule has 0 fully saturated rings. The number of ether oxygens (including phenoxy) is 2. The van der Waals surface area contributed by atoms with Crippen molar-refractivity contribution in [2.45, 2.75) is 46.1 Å². The summed E-state index contributed by atoms with van der Waals surface area (Å²) in [5, 5.41) is 1.25. The molecule has 0 saturated heterocycles. The fourth-order valence-electron chi connectivity index (χ4n) is 3.15. The molecule has 2 aromatic rings. The molecule has 5 heteroatoms. The van der Waals surface area contributed by atoms with Crippen LogP contribution in [0, 0.1) is 0 Å². The number of amides is 1. The Morgan fingerprint density at radius 3 is 2.70 bits per heavy atom. The van der Waals surface area contributed by atoms with Crippen molar-refractivity contribution >= 4 is 17.0 Å². The second-order valence-corrected chi connectivity index (χ2v) is 6.94. The Kier molecular flexibility index (Phi) is 4.06. The van der Waals surface area contributed by atoms with E-state index in [1.165, 1.54) is 10.9 Å². The second-order valence-electron chi connectivity index (χ2n) is 6.94. The molecule has 0 bridgehead atoms. The zero-order valence-corrected chi connectivity index (χ0v) is 14.3. The van der Waals surface area contributed by atoms with Gasteiger partial charge in [-0.1, -0.05) is 18.2 Å². The molecule has 1 aromatic carbocycles. The van der Waals surface area contributed by atoms with Crippen molar-refractivity contribution in [1.82, 2.24) is 9.47 Å². The van der Waals surface area contributed by atoms with E-state index in [0.29, 0.717) is 19.8 Å². The summed E-state index contributed by atoms with van der Waals surface area (Å²) in [6.07, 6.45) is 0.587. The van der Waals surface area contributed by atoms with E-state index in [-0.39, 0.29) is 6.09 Å². The van der Waals surface area contributed by atoms with Gasteiger partial charge in [0.05, 0.1) is 12.1 Å². The molecule has 0 saturated carbocycles. The molecule has 1 aliphatic rings. The van der Waals surface area contributed by atoms with E-state index in [1.54, 1.807) is 12.0 Å². The highest BCUT2D eigenvalue weighted by molar-refractivity contribution is 5.86. The quantitative estimate of drug-likeness (QED) is 0.851. The number of nitrogens with zero attached hydrogens (tertiary/aromatic N) is 2. The Bertz CT molecular complexity index is 728. The minimum Gasteiger partial charge on any atom is -0.444 e. The van der Waals surface area contributed by atoms with E-state index < -0.39 is 5.60 Å². The molecule has 23 heavy (non-hydrogen) atoms. The lowest BCUT2D eigenvalue weighted by molar-refractivity contribution is 0.0214. The molecule has 0 unspecified atom stereocenters. The van der Waals surface area contributed by atoms with Gasteiger partial charge in [-0.3, -0.25) is 0 Å². The average molecular weight is 316 g/mol. The first-order valence-electron chi connectivity index (χ1n) is 7.96. The van der Waals surface area contributed by atoms with Crippen molar-refractivity contribution in [1.29, 1.82) is 0 Å². The van der Waals surface area contributed by atoms with Gasteiger partial charge < -0.3 is 18.9 Å². The predicted molar refractivity (Wildman–Crippen MR) is 89.3 cm³/mol. The third-order valence-electron chi connectivity index (χ3n) is 4.08. The Morgan fingerprint density at radius 1 is 1.26 bits per heavy atom. The van der Waals surface area contributed by atoms with Crippen LogP contribution in [0.3, 0.4) is 0 Å². The van der Waals surface area contributed by atoms with Crippen LogP contribution in [0.5, 0.6) is 0 Å². The first kappa shape index (κ1) is 15.9. The van der Waals surface area contributed by atoms with Crippen molar-refractivity contribution in [2.75, 3.05) is 13.7 Å². The zero-order chi connectivity index (χ0) is 16.6. The van der Waals surface area contributed by atoms with Gasteiger partial charge in [0.2, 0.25) is 0 Å². The van der Waals surface area contributed by atoms with Gasteiger partial charge in [0.1, 0.15) is 12.3 Å². The summed E-state index contributed by atoms with van der Waals surface area (Å²) in [5.74, 6) is 0. The molecule has 0 radical (unpaired) electrons. The molecule has 124 valence electrons. The largest absolute Gasteiger partial charge is 0.444 e. The number of methoxy groups -OCH3 is 1. The third kappa shape index (κ3) is 3.06. The van der Waals surface area contributed by atoms with Gasteiger partial charge in [-0.15, -0.1) is 0 Å². The van der Waals surface area contributed by atoms with Crippen molar-refractivity contribution < 1.29 is 14.3 Å². The molecule has 0 spiro atoms. The average Bonchev–Trinajstić information content (AvgIpc) is 2.80. The third-order valence-corrected chi connectivity index (χ3v) is 4.08. The molecule has 5 nitrogen and oxygen atoms in total. The fraction of sp³-hybridized carbons (Fsp3) is 0.500. The molecule has 0 aliphatic carbocycles. The highest BCUT2D eigenvalue weighted by Crippen LogP contribution is 2.31. The van der Waals surface area contributed by atoms with Gasteiger partial charge in [0, 0.05) is 24.7 Å². The highest BCUT2D eigenvalue weighted by Gasteiger charge is 2.29. The number of aromatic nitrogens is 1. The Morgan fingerprint density at radius 2 is 2.00 bits per heavy atom. The molecule has 0 atom stereocenters. The molecule has 1 amide bonds. The van der Waals surface area contributed by atoms with Crippen molar-refractivity contribution in [3.8, 4) is 0 Å². The monoisotopic (exact) mass is 316 g/mol. The number of hydrogen-bond donors (Lipinski definition) is 0. The van der Waals surface area contributed by atoms with E-state index in [1.807, 2.05) is 26.8 Å².